The monoisotopic (exact) mass is 271 g/mol. The van der Waals surface area contributed by atoms with E-state index in [1.54, 1.807) is 17.0 Å². The van der Waals surface area contributed by atoms with E-state index in [1.807, 2.05) is 0 Å². The van der Waals surface area contributed by atoms with Gasteiger partial charge in [0.25, 0.3) is 5.69 Å². The standard InChI is InChI=1S/C11H13N3O3.ClH/c12-10-5-6-13(11(10)15)7-8-1-3-9(4-2-8)14(16)17;/h1-4,10H,5-7,12H2;1H/t10-;/m0./s1. The summed E-state index contributed by atoms with van der Waals surface area (Å²) in [6.45, 7) is 1.11. The number of amides is 1. The van der Waals surface area contributed by atoms with Crippen molar-refractivity contribution < 1.29 is 9.72 Å². The number of benzene rings is 1. The Hall–Kier alpha value is -1.66. The molecule has 1 aliphatic rings. The molecule has 0 aromatic heterocycles. The van der Waals surface area contributed by atoms with Crippen molar-refractivity contribution in [2.24, 2.45) is 5.73 Å². The largest absolute Gasteiger partial charge is 0.337 e. The van der Waals surface area contributed by atoms with Crippen molar-refractivity contribution in [3.8, 4) is 0 Å². The van der Waals surface area contributed by atoms with Crippen molar-refractivity contribution in [1.29, 1.82) is 0 Å². The van der Waals surface area contributed by atoms with Crippen LogP contribution in [0.3, 0.4) is 0 Å². The third-order valence-corrected chi connectivity index (χ3v) is 2.86. The molecule has 0 bridgehead atoms. The first kappa shape index (κ1) is 14.4. The molecule has 2 rings (SSSR count). The van der Waals surface area contributed by atoms with Crippen LogP contribution in [0.5, 0.6) is 0 Å². The average molecular weight is 272 g/mol. The SMILES string of the molecule is Cl.N[C@H]1CCN(Cc2ccc([N+](=O)[O-])cc2)C1=O. The highest BCUT2D eigenvalue weighted by Gasteiger charge is 2.28. The van der Waals surface area contributed by atoms with E-state index in [1.165, 1.54) is 12.1 Å². The van der Waals surface area contributed by atoms with E-state index >= 15 is 0 Å². The molecule has 0 saturated carbocycles. The lowest BCUT2D eigenvalue weighted by molar-refractivity contribution is -0.384. The van der Waals surface area contributed by atoms with Gasteiger partial charge in [0.15, 0.2) is 0 Å². The Morgan fingerprint density at radius 1 is 1.39 bits per heavy atom. The first-order valence-corrected chi connectivity index (χ1v) is 5.35. The molecule has 1 saturated heterocycles. The highest BCUT2D eigenvalue weighted by molar-refractivity contribution is 5.85. The summed E-state index contributed by atoms with van der Waals surface area (Å²) in [6, 6.07) is 5.81. The number of carbonyl (C=O) groups is 1. The predicted molar refractivity (Wildman–Crippen MR) is 68.4 cm³/mol. The third-order valence-electron chi connectivity index (χ3n) is 2.86. The van der Waals surface area contributed by atoms with Gasteiger partial charge < -0.3 is 10.6 Å². The minimum Gasteiger partial charge on any atom is -0.337 e. The smallest absolute Gasteiger partial charge is 0.269 e. The number of carbonyl (C=O) groups excluding carboxylic acids is 1. The Labute approximate surface area is 110 Å². The summed E-state index contributed by atoms with van der Waals surface area (Å²) in [5.74, 6) is -0.0525. The lowest BCUT2D eigenvalue weighted by atomic mass is 10.2. The fraction of sp³-hybridized carbons (Fsp3) is 0.364. The molecule has 1 aromatic rings. The van der Waals surface area contributed by atoms with Crippen LogP contribution in [-0.2, 0) is 11.3 Å². The number of nitrogens with two attached hydrogens (primary N) is 1. The number of nitro groups is 1. The second kappa shape index (κ2) is 5.79. The molecule has 0 radical (unpaired) electrons. The Bertz CT molecular complexity index is 449. The van der Waals surface area contributed by atoms with Gasteiger partial charge in [-0.15, -0.1) is 12.4 Å². The van der Waals surface area contributed by atoms with Crippen molar-refractivity contribution in [3.63, 3.8) is 0 Å². The fourth-order valence-corrected chi connectivity index (χ4v) is 1.86. The van der Waals surface area contributed by atoms with E-state index in [2.05, 4.69) is 0 Å². The minimum absolute atomic E-state index is 0. The first-order chi connectivity index (χ1) is 8.08. The fourth-order valence-electron chi connectivity index (χ4n) is 1.86. The van der Waals surface area contributed by atoms with Crippen molar-refractivity contribution in [2.75, 3.05) is 6.54 Å². The number of hydrogen-bond donors (Lipinski definition) is 1. The minimum atomic E-state index is -0.444. The van der Waals surface area contributed by atoms with Gasteiger partial charge in [-0.05, 0) is 12.0 Å². The summed E-state index contributed by atoms with van der Waals surface area (Å²) in [7, 11) is 0. The zero-order chi connectivity index (χ0) is 12.4. The first-order valence-electron chi connectivity index (χ1n) is 5.35. The summed E-state index contributed by atoms with van der Waals surface area (Å²) < 4.78 is 0. The molecule has 6 nitrogen and oxygen atoms in total. The Kier molecular flexibility index (Phi) is 4.63. The van der Waals surface area contributed by atoms with Crippen LogP contribution in [0.15, 0.2) is 24.3 Å². The zero-order valence-corrected chi connectivity index (χ0v) is 10.4. The number of hydrogen-bond acceptors (Lipinski definition) is 4. The summed E-state index contributed by atoms with van der Waals surface area (Å²) >= 11 is 0. The molecule has 1 aliphatic heterocycles. The molecule has 18 heavy (non-hydrogen) atoms. The van der Waals surface area contributed by atoms with E-state index in [9.17, 15) is 14.9 Å². The van der Waals surface area contributed by atoms with E-state index in [0.717, 1.165) is 5.56 Å². The number of nitrogens with zero attached hydrogens (tertiary/aromatic N) is 2. The summed E-state index contributed by atoms with van der Waals surface area (Å²) in [5.41, 5.74) is 6.53. The molecule has 1 amide bonds. The molecule has 1 atom stereocenters. The van der Waals surface area contributed by atoms with E-state index in [-0.39, 0.29) is 24.0 Å². The van der Waals surface area contributed by atoms with Crippen molar-refractivity contribution >= 4 is 24.0 Å². The Morgan fingerprint density at radius 3 is 2.44 bits per heavy atom. The number of likely N-dealkylation sites (tertiary alicyclic amines) is 1. The van der Waals surface area contributed by atoms with Crippen LogP contribution < -0.4 is 5.73 Å². The maximum atomic E-state index is 11.6. The second-order valence-corrected chi connectivity index (χ2v) is 4.08. The van der Waals surface area contributed by atoms with Crippen LogP contribution >= 0.6 is 12.4 Å². The van der Waals surface area contributed by atoms with Crippen molar-refractivity contribution in [1.82, 2.24) is 4.90 Å². The van der Waals surface area contributed by atoms with Crippen LogP contribution in [0, 0.1) is 10.1 Å². The normalized spacial score (nSPS) is 18.6. The molecule has 0 unspecified atom stereocenters. The number of rotatable bonds is 3. The second-order valence-electron chi connectivity index (χ2n) is 4.08. The number of nitro benzene ring substituents is 1. The molecule has 1 aromatic carbocycles. The van der Waals surface area contributed by atoms with Gasteiger partial charge in [-0.2, -0.15) is 0 Å². The van der Waals surface area contributed by atoms with Gasteiger partial charge in [-0.1, -0.05) is 12.1 Å². The maximum Gasteiger partial charge on any atom is 0.269 e. The molecular formula is C11H14ClN3O3. The number of non-ortho nitro benzene ring substituents is 1. The predicted octanol–water partition coefficient (Wildman–Crippen LogP) is 1.08. The summed E-state index contributed by atoms with van der Waals surface area (Å²) in [4.78, 5) is 23.3. The molecule has 0 aliphatic carbocycles. The highest BCUT2D eigenvalue weighted by Crippen LogP contribution is 2.16. The van der Waals surface area contributed by atoms with Crippen LogP contribution in [0.25, 0.3) is 0 Å². The number of halogens is 1. The molecule has 1 fully saturated rings. The van der Waals surface area contributed by atoms with Gasteiger partial charge in [0, 0.05) is 25.2 Å². The van der Waals surface area contributed by atoms with Crippen molar-refractivity contribution in [3.05, 3.63) is 39.9 Å². The Morgan fingerprint density at radius 2 is 2.00 bits per heavy atom. The Balaban J connectivity index is 0.00000162. The lowest BCUT2D eigenvalue weighted by Crippen LogP contribution is -2.33. The van der Waals surface area contributed by atoms with Gasteiger partial charge in [0.1, 0.15) is 0 Å². The lowest BCUT2D eigenvalue weighted by Gasteiger charge is -2.15. The molecule has 98 valence electrons. The quantitative estimate of drug-likeness (QED) is 0.658. The van der Waals surface area contributed by atoms with E-state index in [4.69, 9.17) is 5.73 Å². The van der Waals surface area contributed by atoms with Gasteiger partial charge in [-0.25, -0.2) is 0 Å². The van der Waals surface area contributed by atoms with Crippen LogP contribution in [-0.4, -0.2) is 28.3 Å². The van der Waals surface area contributed by atoms with E-state index in [0.29, 0.717) is 19.5 Å². The van der Waals surface area contributed by atoms with Crippen LogP contribution in [0.2, 0.25) is 0 Å². The van der Waals surface area contributed by atoms with Crippen LogP contribution in [0.1, 0.15) is 12.0 Å². The molecule has 1 heterocycles. The molecule has 2 N–H and O–H groups in total. The van der Waals surface area contributed by atoms with Gasteiger partial charge in [0.2, 0.25) is 5.91 Å². The van der Waals surface area contributed by atoms with Gasteiger partial charge >= 0.3 is 0 Å². The third kappa shape index (κ3) is 2.96. The zero-order valence-electron chi connectivity index (χ0n) is 9.61. The highest BCUT2D eigenvalue weighted by atomic mass is 35.5. The van der Waals surface area contributed by atoms with E-state index < -0.39 is 11.0 Å². The molecular weight excluding hydrogens is 258 g/mol. The van der Waals surface area contributed by atoms with Gasteiger partial charge in [-0.3, -0.25) is 14.9 Å². The average Bonchev–Trinajstić information content (AvgIpc) is 2.62. The maximum absolute atomic E-state index is 11.6. The summed E-state index contributed by atoms with van der Waals surface area (Å²) in [5, 5.41) is 10.5. The molecule has 7 heteroatoms. The van der Waals surface area contributed by atoms with Crippen molar-refractivity contribution in [2.45, 2.75) is 19.0 Å². The topological polar surface area (TPSA) is 89.5 Å². The summed E-state index contributed by atoms with van der Waals surface area (Å²) in [6.07, 6.45) is 0.672. The molecule has 0 spiro atoms. The van der Waals surface area contributed by atoms with Crippen LogP contribution in [0.4, 0.5) is 5.69 Å². The van der Waals surface area contributed by atoms with Gasteiger partial charge in [0.05, 0.1) is 11.0 Å².